The molecule has 2 atom stereocenters. The Kier molecular flexibility index (Phi) is 11.0. The molecule has 0 bridgehead atoms. The fourth-order valence-corrected chi connectivity index (χ4v) is 1.04. The van der Waals surface area contributed by atoms with Gasteiger partial charge in [-0.1, -0.05) is 13.2 Å². The van der Waals surface area contributed by atoms with E-state index >= 15 is 0 Å². The smallest absolute Gasteiger partial charge is 0.460 e. The molecule has 2 N–H and O–H groups in total. The van der Waals surface area contributed by atoms with Crippen LogP contribution in [0.1, 0.15) is 13.8 Å². The first-order chi connectivity index (χ1) is 10.7. The standard InChI is InChI=1S/C14H22BO8/c1-9(2)13(18)20-5-11(16)7-22-15-23-8-12(17)6-21-14(19)10(3)4/h11-12,16-17H,1,3,5-8H2,2,4H3. The van der Waals surface area contributed by atoms with Gasteiger partial charge >= 0.3 is 19.6 Å². The number of aliphatic hydroxyl groups is 2. The molecule has 0 aliphatic heterocycles. The molecule has 0 saturated heterocycles. The molecule has 0 saturated carbocycles. The summed E-state index contributed by atoms with van der Waals surface area (Å²) in [4.78, 5) is 22.1. The predicted molar refractivity (Wildman–Crippen MR) is 81.2 cm³/mol. The lowest BCUT2D eigenvalue weighted by molar-refractivity contribution is -0.142. The Morgan fingerprint density at radius 2 is 1.22 bits per heavy atom. The van der Waals surface area contributed by atoms with Gasteiger partial charge in [-0.15, -0.1) is 0 Å². The second kappa shape index (κ2) is 11.8. The topological polar surface area (TPSA) is 112 Å². The lowest BCUT2D eigenvalue weighted by Gasteiger charge is -2.13. The summed E-state index contributed by atoms with van der Waals surface area (Å²) in [6, 6.07) is 0. The molecule has 9 heteroatoms. The van der Waals surface area contributed by atoms with Gasteiger partial charge in [0.25, 0.3) is 0 Å². The first-order valence-corrected chi connectivity index (χ1v) is 6.80. The lowest BCUT2D eigenvalue weighted by atomic mass is 10.3. The van der Waals surface area contributed by atoms with Crippen LogP contribution in [0.3, 0.4) is 0 Å². The van der Waals surface area contributed by atoms with Gasteiger partial charge in [0.15, 0.2) is 0 Å². The number of hydrogen-bond acceptors (Lipinski definition) is 8. The van der Waals surface area contributed by atoms with Crippen molar-refractivity contribution in [2.45, 2.75) is 26.1 Å². The normalized spacial score (nSPS) is 12.9. The Balaban J connectivity index is 3.60. The Labute approximate surface area is 136 Å². The molecule has 2 unspecified atom stereocenters. The number of carbonyl (C=O) groups is 2. The van der Waals surface area contributed by atoms with Crippen LogP contribution in [0.4, 0.5) is 0 Å². The van der Waals surface area contributed by atoms with E-state index in [0.29, 0.717) is 0 Å². The van der Waals surface area contributed by atoms with Crippen LogP contribution in [0.15, 0.2) is 24.3 Å². The largest absolute Gasteiger partial charge is 0.488 e. The molecule has 0 aromatic heterocycles. The van der Waals surface area contributed by atoms with E-state index in [4.69, 9.17) is 18.8 Å². The molecule has 0 aromatic rings. The van der Waals surface area contributed by atoms with Crippen LogP contribution in [0, 0.1) is 0 Å². The highest BCUT2D eigenvalue weighted by Gasteiger charge is 2.12. The molecule has 0 aromatic carbocycles. The number of rotatable bonds is 12. The van der Waals surface area contributed by atoms with Crippen LogP contribution in [0.5, 0.6) is 0 Å². The van der Waals surface area contributed by atoms with Gasteiger partial charge in [0, 0.05) is 11.1 Å². The van der Waals surface area contributed by atoms with E-state index in [1.54, 1.807) is 0 Å². The summed E-state index contributed by atoms with van der Waals surface area (Å²) in [5, 5.41) is 18.9. The van der Waals surface area contributed by atoms with Crippen LogP contribution in [-0.4, -0.2) is 68.5 Å². The summed E-state index contributed by atoms with van der Waals surface area (Å²) in [5.74, 6) is -1.20. The highest BCUT2D eigenvalue weighted by Crippen LogP contribution is 1.96. The highest BCUT2D eigenvalue weighted by molar-refractivity contribution is 6.17. The number of hydrogen-bond donors (Lipinski definition) is 2. The average molecular weight is 329 g/mol. The lowest BCUT2D eigenvalue weighted by Crippen LogP contribution is -2.28. The van der Waals surface area contributed by atoms with Crippen molar-refractivity contribution in [3.05, 3.63) is 24.3 Å². The molecule has 0 rings (SSSR count). The maximum Gasteiger partial charge on any atom is 0.488 e. The molecule has 0 fully saturated rings. The summed E-state index contributed by atoms with van der Waals surface area (Å²) >= 11 is 0. The van der Waals surface area contributed by atoms with Gasteiger partial charge in [0.1, 0.15) is 25.4 Å². The van der Waals surface area contributed by atoms with Crippen LogP contribution in [-0.2, 0) is 28.4 Å². The third-order valence-corrected chi connectivity index (χ3v) is 2.22. The fraction of sp³-hybridized carbons (Fsp3) is 0.571. The number of esters is 2. The van der Waals surface area contributed by atoms with Crippen LogP contribution < -0.4 is 0 Å². The van der Waals surface area contributed by atoms with Gasteiger partial charge in [-0.25, -0.2) is 9.59 Å². The highest BCUT2D eigenvalue weighted by atomic mass is 16.6. The van der Waals surface area contributed by atoms with Gasteiger partial charge in [-0.2, -0.15) is 0 Å². The quantitative estimate of drug-likeness (QED) is 0.214. The SMILES string of the molecule is C=C(C)C(=O)OCC(O)CO[B]OCC(O)COC(=O)C(=C)C. The minimum Gasteiger partial charge on any atom is -0.460 e. The maximum absolute atomic E-state index is 11.1. The van der Waals surface area contributed by atoms with E-state index in [0.717, 1.165) is 7.69 Å². The minimum absolute atomic E-state index is 0.162. The van der Waals surface area contributed by atoms with Crippen LogP contribution >= 0.6 is 0 Å². The first kappa shape index (κ1) is 21.3. The van der Waals surface area contributed by atoms with E-state index in [-0.39, 0.29) is 37.6 Å². The fourth-order valence-electron chi connectivity index (χ4n) is 1.04. The van der Waals surface area contributed by atoms with E-state index in [1.165, 1.54) is 13.8 Å². The average Bonchev–Trinajstić information content (AvgIpc) is 2.49. The maximum atomic E-state index is 11.1. The third kappa shape index (κ3) is 11.5. The van der Waals surface area contributed by atoms with Crippen molar-refractivity contribution in [2.24, 2.45) is 0 Å². The Morgan fingerprint density at radius 1 is 0.870 bits per heavy atom. The van der Waals surface area contributed by atoms with E-state index in [9.17, 15) is 19.8 Å². The number of ether oxygens (including phenoxy) is 2. The Morgan fingerprint density at radius 3 is 1.52 bits per heavy atom. The first-order valence-electron chi connectivity index (χ1n) is 6.80. The van der Waals surface area contributed by atoms with Gasteiger partial charge in [0.2, 0.25) is 0 Å². The van der Waals surface area contributed by atoms with Crippen molar-refractivity contribution in [1.82, 2.24) is 0 Å². The summed E-state index contributed by atoms with van der Waals surface area (Å²) < 4.78 is 19.1. The Bertz CT molecular complexity index is 385. The summed E-state index contributed by atoms with van der Waals surface area (Å²) in [5.41, 5.74) is 0.462. The van der Waals surface area contributed by atoms with Crippen molar-refractivity contribution in [1.29, 1.82) is 0 Å². The molecule has 23 heavy (non-hydrogen) atoms. The molecular formula is C14H22BO8. The monoisotopic (exact) mass is 329 g/mol. The number of carbonyl (C=O) groups excluding carboxylic acids is 2. The zero-order valence-corrected chi connectivity index (χ0v) is 13.3. The van der Waals surface area contributed by atoms with Crippen molar-refractivity contribution >= 4 is 19.6 Å². The molecule has 1 radical (unpaired) electrons. The van der Waals surface area contributed by atoms with Gasteiger partial charge in [0.05, 0.1) is 13.2 Å². The Hall–Kier alpha value is -1.68. The molecular weight excluding hydrogens is 307 g/mol. The molecule has 0 amide bonds. The van der Waals surface area contributed by atoms with E-state index in [2.05, 4.69) is 13.2 Å². The van der Waals surface area contributed by atoms with E-state index in [1.807, 2.05) is 0 Å². The molecule has 0 spiro atoms. The summed E-state index contributed by atoms with van der Waals surface area (Å²) in [6.07, 6.45) is -2.06. The van der Waals surface area contributed by atoms with Crippen molar-refractivity contribution < 1.29 is 38.6 Å². The van der Waals surface area contributed by atoms with Gasteiger partial charge in [-0.05, 0) is 13.8 Å². The van der Waals surface area contributed by atoms with Crippen molar-refractivity contribution in [2.75, 3.05) is 26.4 Å². The second-order valence-corrected chi connectivity index (χ2v) is 4.83. The second-order valence-electron chi connectivity index (χ2n) is 4.83. The minimum atomic E-state index is -1.03. The molecule has 0 aliphatic carbocycles. The predicted octanol–water partition coefficient (Wildman–Crippen LogP) is -0.486. The van der Waals surface area contributed by atoms with Crippen molar-refractivity contribution in [3.63, 3.8) is 0 Å². The van der Waals surface area contributed by atoms with Crippen molar-refractivity contribution in [3.8, 4) is 0 Å². The van der Waals surface area contributed by atoms with Gasteiger partial charge < -0.3 is 29.0 Å². The zero-order valence-electron chi connectivity index (χ0n) is 13.3. The van der Waals surface area contributed by atoms with Crippen LogP contribution in [0.2, 0.25) is 0 Å². The summed E-state index contributed by atoms with van der Waals surface area (Å²) in [7, 11) is 0.924. The molecule has 0 heterocycles. The third-order valence-electron chi connectivity index (χ3n) is 2.22. The summed E-state index contributed by atoms with van der Waals surface area (Å²) in [6.45, 7) is 8.98. The molecule has 8 nitrogen and oxygen atoms in total. The molecule has 0 aliphatic rings. The number of aliphatic hydroxyl groups excluding tert-OH is 2. The van der Waals surface area contributed by atoms with Gasteiger partial charge in [-0.3, -0.25) is 0 Å². The molecule has 129 valence electrons. The zero-order chi connectivity index (χ0) is 17.8. The van der Waals surface area contributed by atoms with E-state index < -0.39 is 24.1 Å². The van der Waals surface area contributed by atoms with Crippen LogP contribution in [0.25, 0.3) is 0 Å².